The molecule has 8 heteroatoms. The van der Waals surface area contributed by atoms with Crippen molar-refractivity contribution in [2.75, 3.05) is 0 Å². The number of benzene rings is 2. The van der Waals surface area contributed by atoms with Gasteiger partial charge in [0.15, 0.2) is 0 Å². The largest absolute Gasteiger partial charge is 0.474 e. The van der Waals surface area contributed by atoms with E-state index < -0.39 is 5.50 Å². The summed E-state index contributed by atoms with van der Waals surface area (Å²) in [4.78, 5) is 4.07. The molecule has 1 aromatic heterocycles. The summed E-state index contributed by atoms with van der Waals surface area (Å²) in [6.45, 7) is 0.345. The highest BCUT2D eigenvalue weighted by Gasteiger charge is 2.25. The van der Waals surface area contributed by atoms with Gasteiger partial charge in [0.1, 0.15) is 12.1 Å². The smallest absolute Gasteiger partial charge is 0.221 e. The Hall–Kier alpha value is -1.24. The van der Waals surface area contributed by atoms with E-state index in [-0.39, 0.29) is 5.25 Å². The number of thiocarbonyl (C=S) groups is 1. The number of aromatic nitrogens is 2. The quantitative estimate of drug-likeness (QED) is 0.297. The molecule has 140 valence electrons. The number of hydrogen-bond acceptors (Lipinski definition) is 4. The number of nitrogens with zero attached hydrogens (tertiary/aromatic N) is 2. The molecule has 0 radical (unpaired) electrons. The maximum Gasteiger partial charge on any atom is 0.221 e. The van der Waals surface area contributed by atoms with E-state index in [1.807, 2.05) is 59.3 Å². The van der Waals surface area contributed by atoms with Crippen LogP contribution in [0.5, 0.6) is 0 Å². The standard InChI is InChI=1S/C19H15Cl3N2OS2/c20-15-6-4-14(5-7-15)17(18(22)24-9-8-23-12-24)27-19(26)25-11-13-2-1-3-16(21)10-13/h1-10,12,17-18H,11H2. The third-order valence-corrected chi connectivity index (χ3v) is 6.34. The van der Waals surface area contributed by atoms with E-state index in [0.717, 1.165) is 11.1 Å². The topological polar surface area (TPSA) is 27.1 Å². The van der Waals surface area contributed by atoms with Crippen molar-refractivity contribution in [3.8, 4) is 0 Å². The first kappa shape index (κ1) is 20.5. The highest BCUT2D eigenvalue weighted by atomic mass is 35.5. The lowest BCUT2D eigenvalue weighted by Gasteiger charge is -2.23. The summed E-state index contributed by atoms with van der Waals surface area (Å²) in [7, 11) is 0. The molecule has 3 rings (SSSR count). The SMILES string of the molecule is S=C(OCc1cccc(Cl)c1)SC(c1ccc(Cl)cc1)C(Cl)n1ccnc1. The molecule has 3 nitrogen and oxygen atoms in total. The normalized spacial score (nSPS) is 13.1. The van der Waals surface area contributed by atoms with Crippen LogP contribution in [0.3, 0.4) is 0 Å². The zero-order valence-electron chi connectivity index (χ0n) is 14.0. The predicted molar refractivity (Wildman–Crippen MR) is 118 cm³/mol. The van der Waals surface area contributed by atoms with Crippen LogP contribution in [0.1, 0.15) is 21.9 Å². The molecule has 0 amide bonds. The molecule has 0 aliphatic heterocycles. The van der Waals surface area contributed by atoms with Crippen LogP contribution in [-0.4, -0.2) is 13.9 Å². The molecular weight excluding hydrogens is 443 g/mol. The summed E-state index contributed by atoms with van der Waals surface area (Å²) in [6.07, 6.45) is 5.18. The van der Waals surface area contributed by atoms with Crippen LogP contribution in [0.15, 0.2) is 67.3 Å². The zero-order valence-corrected chi connectivity index (χ0v) is 17.9. The minimum absolute atomic E-state index is 0.176. The molecule has 2 unspecified atom stereocenters. The van der Waals surface area contributed by atoms with E-state index >= 15 is 0 Å². The van der Waals surface area contributed by atoms with Gasteiger partial charge in [0.25, 0.3) is 0 Å². The van der Waals surface area contributed by atoms with E-state index in [0.29, 0.717) is 21.0 Å². The van der Waals surface area contributed by atoms with Crippen molar-refractivity contribution in [1.82, 2.24) is 9.55 Å². The van der Waals surface area contributed by atoms with Crippen LogP contribution >= 0.6 is 58.8 Å². The van der Waals surface area contributed by atoms with Crippen molar-refractivity contribution in [3.05, 3.63) is 88.4 Å². The van der Waals surface area contributed by atoms with E-state index in [1.54, 1.807) is 12.5 Å². The minimum Gasteiger partial charge on any atom is -0.474 e. The van der Waals surface area contributed by atoms with Crippen LogP contribution in [0, 0.1) is 0 Å². The van der Waals surface area contributed by atoms with Crippen molar-refractivity contribution in [3.63, 3.8) is 0 Å². The number of halogens is 3. The second-order valence-electron chi connectivity index (χ2n) is 5.64. The maximum absolute atomic E-state index is 6.71. The molecule has 0 fully saturated rings. The average Bonchev–Trinajstić information content (AvgIpc) is 3.20. The Morgan fingerprint density at radius 1 is 1.15 bits per heavy atom. The second-order valence-corrected chi connectivity index (χ2v) is 8.70. The van der Waals surface area contributed by atoms with Crippen LogP contribution in [0.25, 0.3) is 0 Å². The third-order valence-electron chi connectivity index (χ3n) is 3.73. The second kappa shape index (κ2) is 9.80. The molecule has 1 heterocycles. The first-order chi connectivity index (χ1) is 13.0. The number of imidazole rings is 1. The molecule has 0 aliphatic rings. The molecular formula is C19H15Cl3N2OS2. The van der Waals surface area contributed by atoms with Gasteiger partial charge in [0.2, 0.25) is 4.38 Å². The number of thioether (sulfide) groups is 1. The molecule has 0 saturated heterocycles. The van der Waals surface area contributed by atoms with E-state index in [9.17, 15) is 0 Å². The summed E-state index contributed by atoms with van der Waals surface area (Å²) in [6, 6.07) is 15.0. The fourth-order valence-corrected chi connectivity index (χ4v) is 4.42. The summed E-state index contributed by atoms with van der Waals surface area (Å²) < 4.78 is 7.98. The van der Waals surface area contributed by atoms with Crippen LogP contribution < -0.4 is 0 Å². The number of rotatable bonds is 6. The van der Waals surface area contributed by atoms with Gasteiger partial charge in [-0.15, -0.1) is 0 Å². The van der Waals surface area contributed by atoms with Crippen molar-refractivity contribution < 1.29 is 4.74 Å². The molecule has 0 bridgehead atoms. The molecule has 0 spiro atoms. The fourth-order valence-electron chi connectivity index (χ4n) is 2.41. The lowest BCUT2D eigenvalue weighted by Crippen LogP contribution is -2.12. The summed E-state index contributed by atoms with van der Waals surface area (Å²) >= 11 is 25.5. The monoisotopic (exact) mass is 456 g/mol. The molecule has 0 saturated carbocycles. The van der Waals surface area contributed by atoms with Gasteiger partial charge < -0.3 is 9.30 Å². The molecule has 0 N–H and O–H groups in total. The Labute approximate surface area is 182 Å². The average molecular weight is 458 g/mol. The third kappa shape index (κ3) is 5.87. The Morgan fingerprint density at radius 3 is 2.59 bits per heavy atom. The van der Waals surface area contributed by atoms with Crippen LogP contribution in [-0.2, 0) is 11.3 Å². The highest BCUT2D eigenvalue weighted by Crippen LogP contribution is 2.42. The van der Waals surface area contributed by atoms with Gasteiger partial charge >= 0.3 is 0 Å². The number of ether oxygens (including phenoxy) is 1. The lowest BCUT2D eigenvalue weighted by molar-refractivity contribution is 0.310. The maximum atomic E-state index is 6.71. The van der Waals surface area contributed by atoms with Gasteiger partial charge in [-0.25, -0.2) is 4.98 Å². The van der Waals surface area contributed by atoms with Crippen molar-refractivity contribution in [2.24, 2.45) is 0 Å². The lowest BCUT2D eigenvalue weighted by atomic mass is 10.1. The highest BCUT2D eigenvalue weighted by molar-refractivity contribution is 8.22. The Kier molecular flexibility index (Phi) is 7.44. The molecule has 2 aromatic carbocycles. The van der Waals surface area contributed by atoms with Crippen molar-refractivity contribution in [2.45, 2.75) is 17.4 Å². The molecule has 27 heavy (non-hydrogen) atoms. The minimum atomic E-state index is -0.397. The van der Waals surface area contributed by atoms with Gasteiger partial charge in [-0.05, 0) is 47.6 Å². The van der Waals surface area contributed by atoms with Gasteiger partial charge in [0.05, 0.1) is 11.6 Å². The van der Waals surface area contributed by atoms with Crippen LogP contribution in [0.2, 0.25) is 10.0 Å². The van der Waals surface area contributed by atoms with E-state index in [4.69, 9.17) is 51.8 Å². The summed E-state index contributed by atoms with van der Waals surface area (Å²) in [5.74, 6) is 0. The van der Waals surface area contributed by atoms with Gasteiger partial charge in [-0.1, -0.05) is 70.8 Å². The van der Waals surface area contributed by atoms with Crippen molar-refractivity contribution in [1.29, 1.82) is 0 Å². The van der Waals surface area contributed by atoms with E-state index in [1.165, 1.54) is 11.8 Å². The Bertz CT molecular complexity index is 888. The molecule has 3 aromatic rings. The summed E-state index contributed by atoms with van der Waals surface area (Å²) in [5.41, 5.74) is 1.55. The number of alkyl halides is 1. The zero-order chi connectivity index (χ0) is 19.2. The number of hydrogen-bond donors (Lipinski definition) is 0. The predicted octanol–water partition coefficient (Wildman–Crippen LogP) is 6.90. The van der Waals surface area contributed by atoms with E-state index in [2.05, 4.69) is 4.98 Å². The Balaban J connectivity index is 1.72. The van der Waals surface area contributed by atoms with Crippen molar-refractivity contribution >= 4 is 63.2 Å². The first-order valence-corrected chi connectivity index (χ1v) is 10.5. The van der Waals surface area contributed by atoms with Gasteiger partial charge in [-0.2, -0.15) is 0 Å². The molecule has 2 atom stereocenters. The summed E-state index contributed by atoms with van der Waals surface area (Å²) in [5, 5.41) is 1.15. The fraction of sp³-hybridized carbons (Fsp3) is 0.158. The van der Waals surface area contributed by atoms with Gasteiger partial charge in [0, 0.05) is 22.4 Å². The molecule has 0 aliphatic carbocycles. The van der Waals surface area contributed by atoms with Crippen LogP contribution in [0.4, 0.5) is 0 Å². The Morgan fingerprint density at radius 2 is 1.93 bits per heavy atom. The van der Waals surface area contributed by atoms with Gasteiger partial charge in [-0.3, -0.25) is 0 Å². The first-order valence-electron chi connectivity index (χ1n) is 7.98.